The van der Waals surface area contributed by atoms with Gasteiger partial charge in [0.25, 0.3) is 5.91 Å². The zero-order valence-corrected chi connectivity index (χ0v) is 20.1. The zero-order valence-electron chi connectivity index (χ0n) is 20.1. The highest BCUT2D eigenvalue weighted by atomic mass is 16.5. The average molecular weight is 452 g/mol. The summed E-state index contributed by atoms with van der Waals surface area (Å²) in [6.07, 6.45) is 2.94. The summed E-state index contributed by atoms with van der Waals surface area (Å²) in [6, 6.07) is 16.4. The molecule has 3 unspecified atom stereocenters. The molecule has 2 aromatic carbocycles. The molecule has 0 spiro atoms. The Morgan fingerprint density at radius 2 is 1.67 bits per heavy atom. The molecule has 2 saturated heterocycles. The molecule has 178 valence electrons. The second kappa shape index (κ2) is 11.1. The highest BCUT2D eigenvalue weighted by Gasteiger charge is 2.25. The molecule has 2 fully saturated rings. The van der Waals surface area contributed by atoms with E-state index in [2.05, 4.69) is 53.2 Å². The van der Waals surface area contributed by atoms with Gasteiger partial charge in [0.1, 0.15) is 5.75 Å². The van der Waals surface area contributed by atoms with Gasteiger partial charge in [-0.25, -0.2) is 0 Å². The molecule has 0 radical (unpaired) electrons. The van der Waals surface area contributed by atoms with Crippen molar-refractivity contribution < 1.29 is 14.3 Å². The minimum absolute atomic E-state index is 0.0205. The fourth-order valence-corrected chi connectivity index (χ4v) is 5.06. The van der Waals surface area contributed by atoms with E-state index in [1.165, 1.54) is 24.0 Å². The van der Waals surface area contributed by atoms with E-state index in [9.17, 15) is 4.79 Å². The molecule has 33 heavy (non-hydrogen) atoms. The Hall–Kier alpha value is -2.41. The molecule has 1 amide bonds. The van der Waals surface area contributed by atoms with Gasteiger partial charge in [-0.3, -0.25) is 14.6 Å². The van der Waals surface area contributed by atoms with Crippen LogP contribution in [0.2, 0.25) is 0 Å². The average Bonchev–Trinajstić information content (AvgIpc) is 3.34. The minimum atomic E-state index is -0.0205. The number of rotatable bonds is 8. The second-order valence-electron chi connectivity index (χ2n) is 9.39. The van der Waals surface area contributed by atoms with Crippen LogP contribution in [0.25, 0.3) is 0 Å². The summed E-state index contributed by atoms with van der Waals surface area (Å²) in [6.45, 7) is 9.74. The van der Waals surface area contributed by atoms with Crippen molar-refractivity contribution in [1.82, 2.24) is 15.1 Å². The zero-order chi connectivity index (χ0) is 23.2. The normalized spacial score (nSPS) is 22.8. The van der Waals surface area contributed by atoms with Crippen molar-refractivity contribution in [2.75, 3.05) is 39.8 Å². The lowest BCUT2D eigenvalue weighted by molar-refractivity contribution is -0.0704. The third kappa shape index (κ3) is 6.34. The molecular formula is C27H37N3O3. The number of nitrogens with one attached hydrogen (secondary N) is 1. The van der Waals surface area contributed by atoms with Crippen LogP contribution in [0.1, 0.15) is 54.2 Å². The Labute approximate surface area is 197 Å². The second-order valence-corrected chi connectivity index (χ2v) is 9.39. The first-order chi connectivity index (χ1) is 16.0. The van der Waals surface area contributed by atoms with Crippen molar-refractivity contribution in [3.05, 3.63) is 65.2 Å². The summed E-state index contributed by atoms with van der Waals surface area (Å²) < 4.78 is 11.1. The van der Waals surface area contributed by atoms with Gasteiger partial charge >= 0.3 is 0 Å². The number of nitrogens with zero attached hydrogens (tertiary/aromatic N) is 2. The summed E-state index contributed by atoms with van der Waals surface area (Å²) in [4.78, 5) is 17.8. The van der Waals surface area contributed by atoms with Gasteiger partial charge < -0.3 is 14.8 Å². The van der Waals surface area contributed by atoms with Crippen LogP contribution in [0.15, 0.2) is 48.5 Å². The van der Waals surface area contributed by atoms with Crippen LogP contribution in [0.5, 0.6) is 5.75 Å². The molecule has 0 aliphatic carbocycles. The fourth-order valence-electron chi connectivity index (χ4n) is 5.06. The smallest absolute Gasteiger partial charge is 0.251 e. The maximum atomic E-state index is 12.9. The molecule has 0 bridgehead atoms. The Morgan fingerprint density at radius 3 is 2.27 bits per heavy atom. The number of hydrogen-bond acceptors (Lipinski definition) is 5. The summed E-state index contributed by atoms with van der Waals surface area (Å²) in [5.74, 6) is 0.830. The van der Waals surface area contributed by atoms with E-state index in [0.717, 1.165) is 38.5 Å². The fraction of sp³-hybridized carbons (Fsp3) is 0.519. The molecular weight excluding hydrogens is 414 g/mol. The number of amides is 1. The number of ether oxygens (including phenoxy) is 2. The molecule has 6 nitrogen and oxygen atoms in total. The number of likely N-dealkylation sites (tertiary alicyclic amines) is 1. The molecule has 4 rings (SSSR count). The third-order valence-corrected chi connectivity index (χ3v) is 6.66. The van der Waals surface area contributed by atoms with Crippen LogP contribution in [0.3, 0.4) is 0 Å². The Kier molecular flexibility index (Phi) is 8.02. The maximum absolute atomic E-state index is 12.9. The maximum Gasteiger partial charge on any atom is 0.251 e. The van der Waals surface area contributed by atoms with Crippen LogP contribution >= 0.6 is 0 Å². The minimum Gasteiger partial charge on any atom is -0.497 e. The number of benzene rings is 2. The van der Waals surface area contributed by atoms with Gasteiger partial charge in [-0.1, -0.05) is 24.3 Å². The van der Waals surface area contributed by atoms with Crippen molar-refractivity contribution in [3.8, 4) is 5.75 Å². The summed E-state index contributed by atoms with van der Waals surface area (Å²) in [7, 11) is 1.68. The van der Waals surface area contributed by atoms with Crippen molar-refractivity contribution in [3.63, 3.8) is 0 Å². The van der Waals surface area contributed by atoms with Gasteiger partial charge in [0, 0.05) is 31.7 Å². The Balaban J connectivity index is 1.35. The van der Waals surface area contributed by atoms with Crippen molar-refractivity contribution in [2.45, 2.75) is 51.5 Å². The third-order valence-electron chi connectivity index (χ3n) is 6.66. The monoisotopic (exact) mass is 451 g/mol. The SMILES string of the molecule is COc1ccc(C(CNC(=O)c2ccc(CN3CC(C)OC(C)C3)cc2)N2CCCC2)cc1. The number of methoxy groups -OCH3 is 1. The van der Waals surface area contributed by atoms with E-state index in [0.29, 0.717) is 12.1 Å². The molecule has 3 atom stereocenters. The Morgan fingerprint density at radius 1 is 1.03 bits per heavy atom. The van der Waals surface area contributed by atoms with Crippen LogP contribution in [-0.2, 0) is 11.3 Å². The number of carbonyl (C=O) groups is 1. The van der Waals surface area contributed by atoms with E-state index in [1.807, 2.05) is 24.3 Å². The predicted octanol–water partition coefficient (Wildman–Crippen LogP) is 3.87. The van der Waals surface area contributed by atoms with E-state index in [-0.39, 0.29) is 24.2 Å². The topological polar surface area (TPSA) is 54.0 Å². The lowest BCUT2D eigenvalue weighted by Crippen LogP contribution is -2.44. The van der Waals surface area contributed by atoms with Crippen LogP contribution in [0, 0.1) is 0 Å². The predicted molar refractivity (Wildman–Crippen MR) is 131 cm³/mol. The Bertz CT molecular complexity index is 884. The van der Waals surface area contributed by atoms with Gasteiger partial charge in [0.2, 0.25) is 0 Å². The van der Waals surface area contributed by atoms with E-state index < -0.39 is 0 Å². The quantitative estimate of drug-likeness (QED) is 0.660. The van der Waals surface area contributed by atoms with Crippen molar-refractivity contribution in [1.29, 1.82) is 0 Å². The molecule has 0 aromatic heterocycles. The van der Waals surface area contributed by atoms with Crippen LogP contribution in [0.4, 0.5) is 0 Å². The van der Waals surface area contributed by atoms with Crippen molar-refractivity contribution in [2.24, 2.45) is 0 Å². The molecule has 2 aromatic rings. The standard InChI is InChI=1S/C27H37N3O3/c1-20-17-29(18-21(2)33-20)19-22-6-8-24(9-7-22)27(31)28-16-26(30-14-4-5-15-30)23-10-12-25(32-3)13-11-23/h6-13,20-21,26H,4-5,14-19H2,1-3H3,(H,28,31). The van der Waals surface area contributed by atoms with E-state index in [4.69, 9.17) is 9.47 Å². The van der Waals surface area contributed by atoms with Gasteiger partial charge in [0.15, 0.2) is 0 Å². The van der Waals surface area contributed by atoms with Crippen molar-refractivity contribution >= 4 is 5.91 Å². The first kappa shape index (κ1) is 23.7. The number of morpholine rings is 1. The van der Waals surface area contributed by atoms with Gasteiger partial charge in [-0.2, -0.15) is 0 Å². The van der Waals surface area contributed by atoms with Gasteiger partial charge in [-0.05, 0) is 75.2 Å². The lowest BCUT2D eigenvalue weighted by Gasteiger charge is -2.35. The largest absolute Gasteiger partial charge is 0.497 e. The van der Waals surface area contributed by atoms with Gasteiger partial charge in [-0.15, -0.1) is 0 Å². The van der Waals surface area contributed by atoms with Gasteiger partial charge in [0.05, 0.1) is 25.4 Å². The summed E-state index contributed by atoms with van der Waals surface area (Å²) in [5.41, 5.74) is 3.14. The van der Waals surface area contributed by atoms with Crippen LogP contribution < -0.4 is 10.1 Å². The summed E-state index contributed by atoms with van der Waals surface area (Å²) in [5, 5.41) is 3.18. The first-order valence-electron chi connectivity index (χ1n) is 12.1. The lowest BCUT2D eigenvalue weighted by atomic mass is 10.0. The van der Waals surface area contributed by atoms with E-state index >= 15 is 0 Å². The number of hydrogen-bond donors (Lipinski definition) is 1. The highest BCUT2D eigenvalue weighted by Crippen LogP contribution is 2.26. The van der Waals surface area contributed by atoms with E-state index in [1.54, 1.807) is 7.11 Å². The molecule has 2 aliphatic heterocycles. The van der Waals surface area contributed by atoms with Crippen LogP contribution in [-0.4, -0.2) is 67.7 Å². The molecule has 2 heterocycles. The number of carbonyl (C=O) groups excluding carboxylic acids is 1. The summed E-state index contributed by atoms with van der Waals surface area (Å²) >= 11 is 0. The molecule has 6 heteroatoms. The molecule has 1 N–H and O–H groups in total. The molecule has 2 aliphatic rings. The first-order valence-corrected chi connectivity index (χ1v) is 12.1. The highest BCUT2D eigenvalue weighted by molar-refractivity contribution is 5.94. The molecule has 0 saturated carbocycles.